The molecule has 0 aliphatic rings. The Balaban J connectivity index is 0. The first-order chi connectivity index (χ1) is 4.57. The van der Waals surface area contributed by atoms with Crippen LogP contribution in [-0.4, -0.2) is 22.7 Å². The Morgan fingerprint density at radius 1 is 1.64 bits per heavy atom. The third kappa shape index (κ3) is 6.91. The fraction of sp³-hybridized carbons (Fsp3) is 0.571. The monoisotopic (exact) mass is 232 g/mol. The van der Waals surface area contributed by atoms with Crippen LogP contribution in [0.1, 0.15) is 13.3 Å². The molecule has 0 fully saturated rings. The van der Waals surface area contributed by atoms with Crippen molar-refractivity contribution in [2.45, 2.75) is 19.4 Å². The first-order valence-electron chi connectivity index (χ1n) is 3.16. The van der Waals surface area contributed by atoms with Gasteiger partial charge in [0.1, 0.15) is 0 Å². The summed E-state index contributed by atoms with van der Waals surface area (Å²) in [6.07, 6.45) is 0.954. The maximum Gasteiger partial charge on any atom is 0.230 e. The summed E-state index contributed by atoms with van der Waals surface area (Å²) >= 11 is 0. The van der Waals surface area contributed by atoms with Crippen molar-refractivity contribution in [3.8, 4) is 0 Å². The molecular weight excluding hydrogens is 219 g/mol. The third-order valence-electron chi connectivity index (χ3n) is 1.16. The Bertz CT molecular complexity index is 109. The van der Waals surface area contributed by atoms with Crippen LogP contribution in [0.2, 0.25) is 0 Å². The summed E-state index contributed by atoms with van der Waals surface area (Å²) in [6.45, 7) is 9.15. The van der Waals surface area contributed by atoms with Crippen LogP contribution in [-0.2, 0) is 37.5 Å². The molecule has 2 unspecified atom stereocenters. The molecule has 2 atom stereocenters. The Morgan fingerprint density at radius 2 is 2.09 bits per heavy atom. The number of hydroxylamine groups is 2. The zero-order chi connectivity index (χ0) is 8.15. The smallest absolute Gasteiger partial charge is 0.230 e. The van der Waals surface area contributed by atoms with Gasteiger partial charge in [0.25, 0.3) is 0 Å². The molecule has 0 bridgehead atoms. The van der Waals surface area contributed by atoms with E-state index in [2.05, 4.69) is 13.8 Å². The molecule has 0 heterocycles. The van der Waals surface area contributed by atoms with E-state index < -0.39 is 0 Å². The van der Waals surface area contributed by atoms with Gasteiger partial charge in [-0.1, -0.05) is 19.4 Å². The van der Waals surface area contributed by atoms with Crippen molar-refractivity contribution in [1.29, 1.82) is 0 Å². The van der Waals surface area contributed by atoms with Crippen LogP contribution in [0.5, 0.6) is 0 Å². The average Bonchev–Trinajstić information content (AvgIpc) is 1.85. The van der Waals surface area contributed by atoms with Gasteiger partial charge in [0.05, 0.1) is 0 Å². The number of amides is 1. The first-order valence-corrected chi connectivity index (χ1v) is 3.16. The van der Waals surface area contributed by atoms with Crippen LogP contribution in [0.3, 0.4) is 0 Å². The first kappa shape index (κ1) is 14.1. The van der Waals surface area contributed by atoms with Crippen molar-refractivity contribution >= 4 is 6.41 Å². The summed E-state index contributed by atoms with van der Waals surface area (Å²) in [5.41, 5.74) is 0. The summed E-state index contributed by atoms with van der Waals surface area (Å²) in [5, 5.41) is 9.31. The maximum absolute atomic E-state index is 9.94. The summed E-state index contributed by atoms with van der Waals surface area (Å²) in [7, 11) is 0. The van der Waals surface area contributed by atoms with Crippen molar-refractivity contribution in [3.05, 3.63) is 13.8 Å². The van der Waals surface area contributed by atoms with Crippen molar-refractivity contribution in [1.82, 2.24) is 5.06 Å². The average molecular weight is 232 g/mol. The molecule has 1 N–H and O–H groups in total. The van der Waals surface area contributed by atoms with Gasteiger partial charge in [-0.15, -0.1) is 0 Å². The van der Waals surface area contributed by atoms with Gasteiger partial charge in [-0.25, -0.2) is 0 Å². The molecule has 0 aromatic carbocycles. The van der Waals surface area contributed by atoms with Crippen molar-refractivity contribution in [3.63, 3.8) is 0 Å². The molecule has 1 radical (unpaired) electrons. The van der Waals surface area contributed by atoms with E-state index in [1.807, 2.05) is 6.92 Å². The fourth-order valence-corrected chi connectivity index (χ4v) is 0.659. The van der Waals surface area contributed by atoms with Crippen LogP contribution >= 0.6 is 0 Å². The minimum absolute atomic E-state index is 0. The number of carbonyl (C=O) groups is 1. The minimum Gasteiger partial charge on any atom is -0.341 e. The molecule has 0 saturated heterocycles. The molecule has 1 amide bonds. The van der Waals surface area contributed by atoms with E-state index in [4.69, 9.17) is 5.21 Å². The molecule has 0 aromatic heterocycles. The summed E-state index contributed by atoms with van der Waals surface area (Å²) in [5.74, 6) is 0.192. The molecular formula is C7H13NO2Y-2. The molecule has 11 heavy (non-hydrogen) atoms. The Hall–Kier alpha value is 0.534. The molecule has 0 saturated carbocycles. The van der Waals surface area contributed by atoms with E-state index in [9.17, 15) is 4.79 Å². The topological polar surface area (TPSA) is 40.5 Å². The van der Waals surface area contributed by atoms with E-state index in [1.165, 1.54) is 0 Å². The van der Waals surface area contributed by atoms with Crippen molar-refractivity contribution in [2.75, 3.05) is 0 Å². The van der Waals surface area contributed by atoms with E-state index in [0.29, 0.717) is 17.9 Å². The second-order valence-corrected chi connectivity index (χ2v) is 2.48. The predicted octanol–water partition coefficient (Wildman–Crippen LogP) is 0.894. The van der Waals surface area contributed by atoms with Gasteiger partial charge in [-0.05, 0) is 0 Å². The van der Waals surface area contributed by atoms with Crippen LogP contribution in [0.4, 0.5) is 0 Å². The predicted molar refractivity (Wildman–Crippen MR) is 38.0 cm³/mol. The number of carbonyl (C=O) groups excluding carboxylic acids is 1. The second kappa shape index (κ2) is 7.20. The Labute approximate surface area is 93.0 Å². The molecule has 0 aromatic rings. The van der Waals surface area contributed by atoms with Crippen LogP contribution < -0.4 is 0 Å². The molecule has 0 spiro atoms. The van der Waals surface area contributed by atoms with E-state index in [1.54, 1.807) is 0 Å². The molecule has 0 aliphatic carbocycles. The molecule has 4 heteroatoms. The standard InChI is InChI=1S/C7H13NO2.Y/c1-6(2)4-7(3)8(10)5-9;/h5-7,10H,1,3-4H2,2H3;/q-2;. The molecule has 3 nitrogen and oxygen atoms in total. The number of rotatable bonds is 4. The van der Waals surface area contributed by atoms with Gasteiger partial charge in [-0.3, -0.25) is 15.1 Å². The van der Waals surface area contributed by atoms with Gasteiger partial charge in [-0.2, -0.15) is 5.92 Å². The second-order valence-electron chi connectivity index (χ2n) is 2.48. The van der Waals surface area contributed by atoms with E-state index in [0.717, 1.165) is 0 Å². The number of hydrogen-bond acceptors (Lipinski definition) is 2. The van der Waals surface area contributed by atoms with E-state index >= 15 is 0 Å². The minimum atomic E-state index is -0.384. The molecule has 63 valence electrons. The van der Waals surface area contributed by atoms with Crippen LogP contribution in [0.25, 0.3) is 0 Å². The SMILES string of the molecule is [CH2-]C(C)CC([CH2-])N(O)C=O.[Y]. The van der Waals surface area contributed by atoms with Gasteiger partial charge >= 0.3 is 0 Å². The molecule has 0 rings (SSSR count). The zero-order valence-corrected chi connectivity index (χ0v) is 9.57. The van der Waals surface area contributed by atoms with Crippen molar-refractivity contribution < 1.29 is 42.7 Å². The van der Waals surface area contributed by atoms with Crippen LogP contribution in [0.15, 0.2) is 0 Å². The van der Waals surface area contributed by atoms with Crippen LogP contribution in [0, 0.1) is 19.8 Å². The summed E-state index contributed by atoms with van der Waals surface area (Å²) < 4.78 is 0. The maximum atomic E-state index is 9.94. The quantitative estimate of drug-likeness (QED) is 0.338. The Kier molecular flexibility index (Phi) is 9.21. The summed E-state index contributed by atoms with van der Waals surface area (Å²) in [4.78, 5) is 9.94. The van der Waals surface area contributed by atoms with Gasteiger partial charge in [0, 0.05) is 32.7 Å². The third-order valence-corrected chi connectivity index (χ3v) is 1.16. The molecule has 0 aliphatic heterocycles. The van der Waals surface area contributed by atoms with Gasteiger partial charge in [0.15, 0.2) is 0 Å². The number of nitrogens with zero attached hydrogens (tertiary/aromatic N) is 1. The normalized spacial score (nSPS) is 14.5. The van der Waals surface area contributed by atoms with Crippen molar-refractivity contribution in [2.24, 2.45) is 5.92 Å². The van der Waals surface area contributed by atoms with E-state index in [-0.39, 0.29) is 44.7 Å². The van der Waals surface area contributed by atoms with Gasteiger partial charge in [0.2, 0.25) is 6.41 Å². The zero-order valence-electron chi connectivity index (χ0n) is 6.73. The summed E-state index contributed by atoms with van der Waals surface area (Å²) in [6, 6.07) is -0.384. The Morgan fingerprint density at radius 3 is 2.36 bits per heavy atom. The van der Waals surface area contributed by atoms with Gasteiger partial charge < -0.3 is 13.8 Å². The number of hydrogen-bond donors (Lipinski definition) is 1. The fourth-order valence-electron chi connectivity index (χ4n) is 0.659. The largest absolute Gasteiger partial charge is 0.341 e.